The molecule has 0 atom stereocenters. The Labute approximate surface area is 130 Å². The number of aryl methyl sites for hydroxylation is 1. The van der Waals surface area contributed by atoms with Crippen LogP contribution in [0.25, 0.3) is 0 Å². The lowest BCUT2D eigenvalue weighted by Gasteiger charge is -2.09. The number of anilines is 2. The van der Waals surface area contributed by atoms with Gasteiger partial charge in [0.1, 0.15) is 12.4 Å². The summed E-state index contributed by atoms with van der Waals surface area (Å²) in [7, 11) is 0. The van der Waals surface area contributed by atoms with Gasteiger partial charge in [-0.15, -0.1) is 0 Å². The van der Waals surface area contributed by atoms with Gasteiger partial charge >= 0.3 is 0 Å². The highest BCUT2D eigenvalue weighted by Crippen LogP contribution is 2.15. The van der Waals surface area contributed by atoms with Crippen molar-refractivity contribution < 1.29 is 9.53 Å². The van der Waals surface area contributed by atoms with Crippen LogP contribution >= 0.6 is 0 Å². The number of ether oxygens (including phenoxy) is 1. The predicted molar refractivity (Wildman–Crippen MR) is 90.4 cm³/mol. The van der Waals surface area contributed by atoms with Crippen LogP contribution in [0, 0.1) is 6.92 Å². The molecule has 4 nitrogen and oxygen atoms in total. The average Bonchev–Trinajstić information content (AvgIpc) is 2.54. The van der Waals surface area contributed by atoms with Crippen LogP contribution in [0.2, 0.25) is 0 Å². The van der Waals surface area contributed by atoms with Gasteiger partial charge in [-0.3, -0.25) is 4.79 Å². The monoisotopic (exact) mass is 296 g/mol. The van der Waals surface area contributed by atoms with Gasteiger partial charge in [0.15, 0.2) is 0 Å². The Hall–Kier alpha value is -2.75. The summed E-state index contributed by atoms with van der Waals surface area (Å²) in [4.78, 5) is 11.9. The summed E-state index contributed by atoms with van der Waals surface area (Å²) < 4.78 is 5.39. The van der Waals surface area contributed by atoms with Crippen LogP contribution in [0.5, 0.6) is 5.75 Å². The van der Waals surface area contributed by atoms with Gasteiger partial charge in [-0.2, -0.15) is 0 Å². The predicted octanol–water partition coefficient (Wildman–Crippen LogP) is 3.61. The molecule has 0 fully saturated rings. The van der Waals surface area contributed by atoms with Crippen LogP contribution in [0.15, 0.2) is 61.2 Å². The molecule has 0 heterocycles. The molecule has 4 heteroatoms. The molecule has 114 valence electrons. The fourth-order valence-corrected chi connectivity index (χ4v) is 1.85. The van der Waals surface area contributed by atoms with E-state index in [1.54, 1.807) is 6.08 Å². The van der Waals surface area contributed by atoms with Gasteiger partial charge < -0.3 is 15.4 Å². The number of benzene rings is 2. The zero-order valence-corrected chi connectivity index (χ0v) is 12.6. The molecule has 2 rings (SSSR count). The average molecular weight is 296 g/mol. The summed E-state index contributed by atoms with van der Waals surface area (Å²) in [6.45, 7) is 6.31. The summed E-state index contributed by atoms with van der Waals surface area (Å²) in [5.74, 6) is 0.649. The fraction of sp³-hybridized carbons (Fsp3) is 0.167. The Morgan fingerprint density at radius 3 is 2.36 bits per heavy atom. The normalized spacial score (nSPS) is 9.86. The smallest absolute Gasteiger partial charge is 0.243 e. The third kappa shape index (κ3) is 4.98. The van der Waals surface area contributed by atoms with Crippen LogP contribution in [-0.2, 0) is 4.79 Å². The molecule has 0 aromatic heterocycles. The van der Waals surface area contributed by atoms with E-state index in [-0.39, 0.29) is 12.5 Å². The number of amides is 1. The van der Waals surface area contributed by atoms with E-state index in [2.05, 4.69) is 17.2 Å². The van der Waals surface area contributed by atoms with Crippen molar-refractivity contribution in [2.45, 2.75) is 6.92 Å². The molecule has 0 aliphatic heterocycles. The maximum Gasteiger partial charge on any atom is 0.243 e. The molecule has 0 aliphatic rings. The Kier molecular flexibility index (Phi) is 5.60. The topological polar surface area (TPSA) is 50.4 Å². The van der Waals surface area contributed by atoms with Crippen LogP contribution in [0.4, 0.5) is 11.4 Å². The molecule has 2 N–H and O–H groups in total. The highest BCUT2D eigenvalue weighted by atomic mass is 16.5. The molecule has 2 aromatic rings. The van der Waals surface area contributed by atoms with Crippen LogP contribution in [0.1, 0.15) is 5.56 Å². The molecule has 2 aromatic carbocycles. The summed E-state index contributed by atoms with van der Waals surface area (Å²) in [6, 6.07) is 15.1. The SMILES string of the molecule is C=CCOc1ccc(NC(=O)CNc2ccc(C)cc2)cc1. The molecule has 0 radical (unpaired) electrons. The quantitative estimate of drug-likeness (QED) is 0.767. The lowest BCUT2D eigenvalue weighted by atomic mass is 10.2. The number of carbonyl (C=O) groups is 1. The van der Waals surface area contributed by atoms with Crippen molar-refractivity contribution >= 4 is 17.3 Å². The van der Waals surface area contributed by atoms with E-state index in [0.717, 1.165) is 17.1 Å². The Balaban J connectivity index is 1.81. The van der Waals surface area contributed by atoms with Gasteiger partial charge in [-0.1, -0.05) is 30.4 Å². The summed E-state index contributed by atoms with van der Waals surface area (Å²) >= 11 is 0. The Bertz CT molecular complexity index is 619. The molecule has 0 unspecified atom stereocenters. The van der Waals surface area contributed by atoms with E-state index in [4.69, 9.17) is 4.74 Å². The second kappa shape index (κ2) is 7.88. The molecule has 0 saturated carbocycles. The molecular weight excluding hydrogens is 276 g/mol. The van der Waals surface area contributed by atoms with Gasteiger partial charge in [0, 0.05) is 11.4 Å². The van der Waals surface area contributed by atoms with Gasteiger partial charge in [-0.05, 0) is 43.3 Å². The fourth-order valence-electron chi connectivity index (χ4n) is 1.85. The summed E-state index contributed by atoms with van der Waals surface area (Å²) in [5.41, 5.74) is 2.85. The van der Waals surface area contributed by atoms with Crippen molar-refractivity contribution in [3.63, 3.8) is 0 Å². The van der Waals surface area contributed by atoms with E-state index in [1.165, 1.54) is 5.56 Å². The van der Waals surface area contributed by atoms with E-state index >= 15 is 0 Å². The minimum Gasteiger partial charge on any atom is -0.490 e. The molecule has 0 saturated heterocycles. The van der Waals surface area contributed by atoms with Crippen LogP contribution in [-0.4, -0.2) is 19.1 Å². The number of rotatable bonds is 7. The van der Waals surface area contributed by atoms with Crippen molar-refractivity contribution in [2.24, 2.45) is 0 Å². The molecule has 1 amide bonds. The first-order valence-electron chi connectivity index (χ1n) is 7.11. The Morgan fingerprint density at radius 2 is 1.73 bits per heavy atom. The zero-order chi connectivity index (χ0) is 15.8. The minimum atomic E-state index is -0.0969. The maximum atomic E-state index is 11.9. The minimum absolute atomic E-state index is 0.0969. The van der Waals surface area contributed by atoms with E-state index in [9.17, 15) is 4.79 Å². The molecule has 0 aliphatic carbocycles. The summed E-state index contributed by atoms with van der Waals surface area (Å²) in [5, 5.41) is 5.91. The van der Waals surface area contributed by atoms with Gasteiger partial charge in [0.05, 0.1) is 6.54 Å². The van der Waals surface area contributed by atoms with Crippen molar-refractivity contribution in [2.75, 3.05) is 23.8 Å². The molecule has 0 bridgehead atoms. The van der Waals surface area contributed by atoms with Crippen molar-refractivity contribution in [1.29, 1.82) is 0 Å². The van der Waals surface area contributed by atoms with Crippen molar-refractivity contribution in [1.82, 2.24) is 0 Å². The van der Waals surface area contributed by atoms with E-state index in [1.807, 2.05) is 55.5 Å². The first kappa shape index (κ1) is 15.6. The van der Waals surface area contributed by atoms with Gasteiger partial charge in [0.2, 0.25) is 5.91 Å². The molecule has 0 spiro atoms. The maximum absolute atomic E-state index is 11.9. The van der Waals surface area contributed by atoms with Crippen LogP contribution in [0.3, 0.4) is 0 Å². The first-order chi connectivity index (χ1) is 10.7. The standard InChI is InChI=1S/C18H20N2O2/c1-3-12-22-17-10-8-16(9-11-17)20-18(21)13-19-15-6-4-14(2)5-7-15/h3-11,19H,1,12-13H2,2H3,(H,20,21). The van der Waals surface area contributed by atoms with E-state index in [0.29, 0.717) is 6.61 Å². The number of nitrogens with one attached hydrogen (secondary N) is 2. The first-order valence-corrected chi connectivity index (χ1v) is 7.11. The van der Waals surface area contributed by atoms with Crippen molar-refractivity contribution in [3.8, 4) is 5.75 Å². The Morgan fingerprint density at radius 1 is 1.09 bits per heavy atom. The van der Waals surface area contributed by atoms with Gasteiger partial charge in [0.25, 0.3) is 0 Å². The second-order valence-electron chi connectivity index (χ2n) is 4.89. The third-order valence-corrected chi connectivity index (χ3v) is 3.01. The van der Waals surface area contributed by atoms with Crippen molar-refractivity contribution in [3.05, 3.63) is 66.7 Å². The van der Waals surface area contributed by atoms with Crippen LogP contribution < -0.4 is 15.4 Å². The molecular formula is C18H20N2O2. The van der Waals surface area contributed by atoms with E-state index < -0.39 is 0 Å². The highest BCUT2D eigenvalue weighted by Gasteiger charge is 2.02. The largest absolute Gasteiger partial charge is 0.490 e. The lowest BCUT2D eigenvalue weighted by molar-refractivity contribution is -0.114. The number of hydrogen-bond donors (Lipinski definition) is 2. The van der Waals surface area contributed by atoms with Gasteiger partial charge in [-0.25, -0.2) is 0 Å². The number of hydrogen-bond acceptors (Lipinski definition) is 3. The zero-order valence-electron chi connectivity index (χ0n) is 12.6. The lowest BCUT2D eigenvalue weighted by Crippen LogP contribution is -2.21. The number of carbonyl (C=O) groups excluding carboxylic acids is 1. The second-order valence-corrected chi connectivity index (χ2v) is 4.89. The molecule has 22 heavy (non-hydrogen) atoms. The third-order valence-electron chi connectivity index (χ3n) is 3.01. The summed E-state index contributed by atoms with van der Waals surface area (Å²) in [6.07, 6.45) is 1.69. The highest BCUT2D eigenvalue weighted by molar-refractivity contribution is 5.93.